The highest BCUT2D eigenvalue weighted by Gasteiger charge is 2.26. The first-order valence-corrected chi connectivity index (χ1v) is 8.33. The molecule has 0 unspecified atom stereocenters. The van der Waals surface area contributed by atoms with E-state index in [0.717, 1.165) is 0 Å². The first-order chi connectivity index (χ1) is 10.5. The summed E-state index contributed by atoms with van der Waals surface area (Å²) in [5.74, 6) is -0.731. The van der Waals surface area contributed by atoms with Gasteiger partial charge in [-0.15, -0.1) is 11.8 Å². The Morgan fingerprint density at radius 1 is 1.41 bits per heavy atom. The van der Waals surface area contributed by atoms with Crippen LogP contribution in [0.3, 0.4) is 0 Å². The second-order valence-electron chi connectivity index (χ2n) is 5.19. The Hall–Kier alpha value is -1.60. The van der Waals surface area contributed by atoms with E-state index in [4.69, 9.17) is 9.47 Å². The fourth-order valence-electron chi connectivity index (χ4n) is 2.39. The molecule has 1 saturated heterocycles. The van der Waals surface area contributed by atoms with Gasteiger partial charge in [-0.3, -0.25) is 4.79 Å². The lowest BCUT2D eigenvalue weighted by Gasteiger charge is -2.35. The van der Waals surface area contributed by atoms with Gasteiger partial charge in [-0.2, -0.15) is 0 Å². The van der Waals surface area contributed by atoms with Gasteiger partial charge < -0.3 is 14.4 Å². The second kappa shape index (κ2) is 7.60. The van der Waals surface area contributed by atoms with Gasteiger partial charge >= 0.3 is 5.97 Å². The Balaban J connectivity index is 1.92. The number of morpholine rings is 1. The van der Waals surface area contributed by atoms with E-state index in [9.17, 15) is 9.59 Å². The molecule has 1 aliphatic rings. The Morgan fingerprint density at radius 3 is 2.73 bits per heavy atom. The van der Waals surface area contributed by atoms with Crippen LogP contribution in [0.4, 0.5) is 0 Å². The molecule has 120 valence electrons. The Bertz CT molecular complexity index is 542. The molecule has 0 spiro atoms. The van der Waals surface area contributed by atoms with E-state index in [1.165, 1.54) is 11.8 Å². The predicted molar refractivity (Wildman–Crippen MR) is 82.9 cm³/mol. The fourth-order valence-corrected chi connectivity index (χ4v) is 2.92. The molecule has 0 bridgehead atoms. The molecule has 2 heterocycles. The van der Waals surface area contributed by atoms with Crippen LogP contribution in [-0.2, 0) is 14.3 Å². The maximum Gasteiger partial charge on any atom is 0.341 e. The first kappa shape index (κ1) is 16.8. The molecule has 0 aromatic carbocycles. The normalized spacial score (nSPS) is 21.5. The maximum atomic E-state index is 12.2. The average Bonchev–Trinajstić information content (AvgIpc) is 2.51. The van der Waals surface area contributed by atoms with Crippen LogP contribution in [-0.4, -0.2) is 59.9 Å². The van der Waals surface area contributed by atoms with Gasteiger partial charge in [-0.05, 0) is 32.2 Å². The van der Waals surface area contributed by atoms with Crippen molar-refractivity contribution in [3.8, 4) is 0 Å². The summed E-state index contributed by atoms with van der Waals surface area (Å²) in [5, 5.41) is 0.591. The number of nitrogens with zero attached hydrogens (tertiary/aromatic N) is 2. The minimum absolute atomic E-state index is 0.00943. The van der Waals surface area contributed by atoms with Crippen LogP contribution >= 0.6 is 11.8 Å². The van der Waals surface area contributed by atoms with Crippen molar-refractivity contribution >= 4 is 23.6 Å². The number of carbonyl (C=O) groups excluding carboxylic acids is 2. The van der Waals surface area contributed by atoms with E-state index < -0.39 is 5.97 Å². The third-order valence-electron chi connectivity index (χ3n) is 3.28. The van der Waals surface area contributed by atoms with E-state index in [0.29, 0.717) is 23.7 Å². The lowest BCUT2D eigenvalue weighted by Crippen LogP contribution is -2.49. The Morgan fingerprint density at radius 2 is 2.09 bits per heavy atom. The third-order valence-corrected chi connectivity index (χ3v) is 4.00. The number of esters is 1. The van der Waals surface area contributed by atoms with Gasteiger partial charge in [0, 0.05) is 19.3 Å². The van der Waals surface area contributed by atoms with Crippen molar-refractivity contribution in [2.24, 2.45) is 0 Å². The van der Waals surface area contributed by atoms with Crippen molar-refractivity contribution < 1.29 is 19.1 Å². The van der Waals surface area contributed by atoms with E-state index >= 15 is 0 Å². The number of rotatable bonds is 4. The predicted octanol–water partition coefficient (Wildman–Crippen LogP) is 1.60. The van der Waals surface area contributed by atoms with E-state index in [1.807, 2.05) is 20.1 Å². The molecule has 22 heavy (non-hydrogen) atoms. The zero-order valence-electron chi connectivity index (χ0n) is 12.9. The molecule has 7 heteroatoms. The zero-order chi connectivity index (χ0) is 16.1. The van der Waals surface area contributed by atoms with Gasteiger partial charge in [0.1, 0.15) is 5.03 Å². The minimum Gasteiger partial charge on any atom is -0.452 e. The summed E-state index contributed by atoms with van der Waals surface area (Å²) in [6, 6.07) is 3.31. The number of hydrogen-bond acceptors (Lipinski definition) is 6. The highest BCUT2D eigenvalue weighted by molar-refractivity contribution is 7.98. The number of thioether (sulfide) groups is 1. The van der Waals surface area contributed by atoms with Gasteiger partial charge in [0.05, 0.1) is 17.8 Å². The summed E-state index contributed by atoms with van der Waals surface area (Å²) >= 11 is 1.36. The van der Waals surface area contributed by atoms with Crippen molar-refractivity contribution in [3.05, 3.63) is 23.9 Å². The SMILES string of the molecule is CSc1ncccc1C(=O)OCC(=O)N1C[C@@H](C)O[C@@H](C)C1. The van der Waals surface area contributed by atoms with E-state index in [2.05, 4.69) is 4.98 Å². The van der Waals surface area contributed by atoms with Crippen LogP contribution in [0.1, 0.15) is 24.2 Å². The van der Waals surface area contributed by atoms with Crippen LogP contribution < -0.4 is 0 Å². The summed E-state index contributed by atoms with van der Waals surface area (Å²) in [5.41, 5.74) is 0.381. The minimum atomic E-state index is -0.528. The number of pyridine rings is 1. The fraction of sp³-hybridized carbons (Fsp3) is 0.533. The molecular formula is C15H20N2O4S. The summed E-state index contributed by atoms with van der Waals surface area (Å²) in [6.07, 6.45) is 3.43. The highest BCUT2D eigenvalue weighted by Crippen LogP contribution is 2.18. The molecule has 0 saturated carbocycles. The summed E-state index contributed by atoms with van der Waals surface area (Å²) in [4.78, 5) is 30.0. The lowest BCUT2D eigenvalue weighted by molar-refractivity contribution is -0.146. The molecule has 0 N–H and O–H groups in total. The number of ether oxygens (including phenoxy) is 2. The Kier molecular flexibility index (Phi) is 5.79. The average molecular weight is 324 g/mol. The molecule has 0 aliphatic carbocycles. The molecule has 2 atom stereocenters. The van der Waals surface area contributed by atoms with Crippen LogP contribution in [0.25, 0.3) is 0 Å². The largest absolute Gasteiger partial charge is 0.452 e. The van der Waals surface area contributed by atoms with Crippen molar-refractivity contribution in [1.82, 2.24) is 9.88 Å². The number of hydrogen-bond donors (Lipinski definition) is 0. The lowest BCUT2D eigenvalue weighted by atomic mass is 10.2. The number of aromatic nitrogens is 1. The maximum absolute atomic E-state index is 12.2. The van der Waals surface area contributed by atoms with E-state index in [-0.39, 0.29) is 24.7 Å². The van der Waals surface area contributed by atoms with Crippen LogP contribution in [0, 0.1) is 0 Å². The van der Waals surface area contributed by atoms with Gasteiger partial charge in [0.15, 0.2) is 6.61 Å². The topological polar surface area (TPSA) is 68.7 Å². The smallest absolute Gasteiger partial charge is 0.341 e. The standard InChI is InChI=1S/C15H20N2O4S/c1-10-7-17(8-11(2)21-10)13(18)9-20-15(19)12-5-4-6-16-14(12)22-3/h4-6,10-11H,7-9H2,1-3H3/t10-,11+. The molecular weight excluding hydrogens is 304 g/mol. The third kappa shape index (κ3) is 4.20. The molecule has 1 aliphatic heterocycles. The molecule has 1 amide bonds. The van der Waals surface area contributed by atoms with Crippen molar-refractivity contribution in [1.29, 1.82) is 0 Å². The Labute approximate surface area is 134 Å². The van der Waals surface area contributed by atoms with Crippen molar-refractivity contribution in [3.63, 3.8) is 0 Å². The summed E-state index contributed by atoms with van der Waals surface area (Å²) in [6.45, 7) is 4.61. The summed E-state index contributed by atoms with van der Waals surface area (Å²) in [7, 11) is 0. The van der Waals surface area contributed by atoms with Crippen molar-refractivity contribution in [2.45, 2.75) is 31.1 Å². The molecule has 1 fully saturated rings. The van der Waals surface area contributed by atoms with Gasteiger partial charge in [-0.25, -0.2) is 9.78 Å². The molecule has 1 aromatic heterocycles. The summed E-state index contributed by atoms with van der Waals surface area (Å²) < 4.78 is 10.7. The van der Waals surface area contributed by atoms with Crippen LogP contribution in [0.5, 0.6) is 0 Å². The van der Waals surface area contributed by atoms with Gasteiger partial charge in [0.2, 0.25) is 0 Å². The molecule has 2 rings (SSSR count). The monoisotopic (exact) mass is 324 g/mol. The number of amides is 1. The van der Waals surface area contributed by atoms with Gasteiger partial charge in [0.25, 0.3) is 5.91 Å². The van der Waals surface area contributed by atoms with Crippen molar-refractivity contribution in [2.75, 3.05) is 26.0 Å². The quantitative estimate of drug-likeness (QED) is 0.619. The second-order valence-corrected chi connectivity index (χ2v) is 5.99. The van der Waals surface area contributed by atoms with Crippen LogP contribution in [0.15, 0.2) is 23.4 Å². The zero-order valence-corrected chi connectivity index (χ0v) is 13.8. The van der Waals surface area contributed by atoms with Crippen LogP contribution in [0.2, 0.25) is 0 Å². The number of carbonyl (C=O) groups is 2. The first-order valence-electron chi connectivity index (χ1n) is 7.10. The molecule has 1 aromatic rings. The molecule has 0 radical (unpaired) electrons. The highest BCUT2D eigenvalue weighted by atomic mass is 32.2. The van der Waals surface area contributed by atoms with Gasteiger partial charge in [-0.1, -0.05) is 0 Å². The van der Waals surface area contributed by atoms with E-state index in [1.54, 1.807) is 23.2 Å². The molecule has 6 nitrogen and oxygen atoms in total.